The monoisotopic (exact) mass is 219 g/mol. The van der Waals surface area contributed by atoms with Gasteiger partial charge in [-0.1, -0.05) is 29.8 Å². The molecule has 2 rings (SSSR count). The summed E-state index contributed by atoms with van der Waals surface area (Å²) in [5, 5.41) is 12.6. The van der Waals surface area contributed by atoms with E-state index in [4.69, 9.17) is 0 Å². The molecular weight excluding hydrogens is 202 g/mol. The van der Waals surface area contributed by atoms with Gasteiger partial charge in [0.25, 0.3) is 0 Å². The van der Waals surface area contributed by atoms with Crippen LogP contribution in [0, 0.1) is 12.8 Å². The topological polar surface area (TPSA) is 49.3 Å². The molecule has 1 aliphatic heterocycles. The fraction of sp³-hybridized carbons (Fsp3) is 0.462. The number of aryl methyl sites for hydroxylation is 1. The number of carboxylic acid groups (broad SMARTS) is 1. The number of benzene rings is 1. The molecule has 1 heterocycles. The summed E-state index contributed by atoms with van der Waals surface area (Å²) in [5.74, 6) is -0.853. The van der Waals surface area contributed by atoms with E-state index in [1.54, 1.807) is 0 Å². The van der Waals surface area contributed by atoms with Gasteiger partial charge in [0.05, 0.1) is 5.92 Å². The van der Waals surface area contributed by atoms with Crippen molar-refractivity contribution in [2.45, 2.75) is 19.3 Å². The normalized spacial score (nSPS) is 21.9. The van der Waals surface area contributed by atoms with Gasteiger partial charge in [-0.25, -0.2) is 0 Å². The highest BCUT2D eigenvalue weighted by Gasteiger charge is 2.31. The molecule has 86 valence electrons. The molecule has 3 heteroatoms. The molecule has 0 spiro atoms. The van der Waals surface area contributed by atoms with Crippen molar-refractivity contribution in [1.82, 2.24) is 5.32 Å². The van der Waals surface area contributed by atoms with Gasteiger partial charge in [0.15, 0.2) is 0 Å². The molecule has 1 aliphatic rings. The third kappa shape index (κ3) is 2.25. The Labute approximate surface area is 95.5 Å². The SMILES string of the molecule is Cc1cccc(C(C(=O)O)C2CCNC2)c1. The maximum Gasteiger partial charge on any atom is 0.311 e. The van der Waals surface area contributed by atoms with Crippen LogP contribution in [0.25, 0.3) is 0 Å². The number of rotatable bonds is 3. The third-order valence-corrected chi connectivity index (χ3v) is 3.24. The van der Waals surface area contributed by atoms with Crippen LogP contribution in [0.15, 0.2) is 24.3 Å². The van der Waals surface area contributed by atoms with Gasteiger partial charge in [-0.3, -0.25) is 4.79 Å². The number of carboxylic acids is 1. The average Bonchev–Trinajstić information content (AvgIpc) is 2.71. The minimum atomic E-state index is -0.709. The molecule has 0 amide bonds. The quantitative estimate of drug-likeness (QED) is 0.814. The second-order valence-electron chi connectivity index (χ2n) is 4.48. The third-order valence-electron chi connectivity index (χ3n) is 3.24. The zero-order valence-corrected chi connectivity index (χ0v) is 9.44. The van der Waals surface area contributed by atoms with Crippen LogP contribution >= 0.6 is 0 Å². The number of hydrogen-bond acceptors (Lipinski definition) is 2. The predicted molar refractivity (Wildman–Crippen MR) is 62.5 cm³/mol. The van der Waals surface area contributed by atoms with Crippen LogP contribution in [0.5, 0.6) is 0 Å². The standard InChI is InChI=1S/C13H17NO2/c1-9-3-2-4-10(7-9)12(13(15)16)11-5-6-14-8-11/h2-4,7,11-12,14H,5-6,8H2,1H3,(H,15,16). The first kappa shape index (κ1) is 11.1. The van der Waals surface area contributed by atoms with E-state index < -0.39 is 5.97 Å². The van der Waals surface area contributed by atoms with Crippen molar-refractivity contribution in [2.24, 2.45) is 5.92 Å². The van der Waals surface area contributed by atoms with E-state index in [1.165, 1.54) is 0 Å². The number of carbonyl (C=O) groups is 1. The Kier molecular flexibility index (Phi) is 3.25. The summed E-state index contributed by atoms with van der Waals surface area (Å²) in [4.78, 5) is 11.4. The summed E-state index contributed by atoms with van der Waals surface area (Å²) in [6.45, 7) is 3.74. The van der Waals surface area contributed by atoms with Gasteiger partial charge in [-0.15, -0.1) is 0 Å². The maximum atomic E-state index is 11.4. The molecule has 1 saturated heterocycles. The molecule has 0 aliphatic carbocycles. The van der Waals surface area contributed by atoms with Crippen LogP contribution in [-0.4, -0.2) is 24.2 Å². The zero-order valence-electron chi connectivity index (χ0n) is 9.44. The van der Waals surface area contributed by atoms with Gasteiger partial charge in [-0.05, 0) is 37.9 Å². The lowest BCUT2D eigenvalue weighted by molar-refractivity contribution is -0.140. The van der Waals surface area contributed by atoms with E-state index >= 15 is 0 Å². The van der Waals surface area contributed by atoms with Crippen LogP contribution in [0.2, 0.25) is 0 Å². The molecule has 0 aromatic heterocycles. The van der Waals surface area contributed by atoms with Crippen molar-refractivity contribution >= 4 is 5.97 Å². The van der Waals surface area contributed by atoms with E-state index in [1.807, 2.05) is 31.2 Å². The van der Waals surface area contributed by atoms with Gasteiger partial charge in [0.2, 0.25) is 0 Å². The van der Waals surface area contributed by atoms with Crippen LogP contribution in [0.1, 0.15) is 23.5 Å². The van der Waals surface area contributed by atoms with Gasteiger partial charge >= 0.3 is 5.97 Å². The fourth-order valence-electron chi connectivity index (χ4n) is 2.44. The highest BCUT2D eigenvalue weighted by molar-refractivity contribution is 5.76. The first-order valence-electron chi connectivity index (χ1n) is 5.68. The first-order chi connectivity index (χ1) is 7.68. The van der Waals surface area contributed by atoms with E-state index in [0.717, 1.165) is 30.6 Å². The Morgan fingerprint density at radius 1 is 1.56 bits per heavy atom. The van der Waals surface area contributed by atoms with Crippen molar-refractivity contribution in [1.29, 1.82) is 0 Å². The Balaban J connectivity index is 2.28. The molecule has 1 aromatic rings. The molecular formula is C13H17NO2. The Morgan fingerprint density at radius 2 is 2.38 bits per heavy atom. The summed E-state index contributed by atoms with van der Waals surface area (Å²) in [7, 11) is 0. The molecule has 1 fully saturated rings. The second-order valence-corrected chi connectivity index (χ2v) is 4.48. The molecule has 2 unspecified atom stereocenters. The van der Waals surface area contributed by atoms with Crippen molar-refractivity contribution in [3.05, 3.63) is 35.4 Å². The Bertz CT molecular complexity index is 383. The highest BCUT2D eigenvalue weighted by atomic mass is 16.4. The van der Waals surface area contributed by atoms with Gasteiger partial charge in [-0.2, -0.15) is 0 Å². The minimum absolute atomic E-state index is 0.222. The van der Waals surface area contributed by atoms with Crippen molar-refractivity contribution in [3.63, 3.8) is 0 Å². The zero-order chi connectivity index (χ0) is 11.5. The minimum Gasteiger partial charge on any atom is -0.481 e. The van der Waals surface area contributed by atoms with E-state index in [9.17, 15) is 9.90 Å². The van der Waals surface area contributed by atoms with Gasteiger partial charge in [0, 0.05) is 0 Å². The molecule has 0 saturated carbocycles. The Hall–Kier alpha value is -1.35. The van der Waals surface area contributed by atoms with E-state index in [0.29, 0.717) is 0 Å². The lowest BCUT2D eigenvalue weighted by Gasteiger charge is -2.19. The Morgan fingerprint density at radius 3 is 2.94 bits per heavy atom. The molecule has 3 nitrogen and oxygen atoms in total. The number of hydrogen-bond donors (Lipinski definition) is 2. The summed E-state index contributed by atoms with van der Waals surface area (Å²) in [6, 6.07) is 7.83. The van der Waals surface area contributed by atoms with Crippen LogP contribution < -0.4 is 5.32 Å². The van der Waals surface area contributed by atoms with Crippen molar-refractivity contribution in [3.8, 4) is 0 Å². The highest BCUT2D eigenvalue weighted by Crippen LogP contribution is 2.29. The molecule has 0 radical (unpaired) electrons. The lowest BCUT2D eigenvalue weighted by atomic mass is 9.85. The predicted octanol–water partition coefficient (Wildman–Crippen LogP) is 1.77. The second kappa shape index (κ2) is 4.66. The molecule has 16 heavy (non-hydrogen) atoms. The van der Waals surface area contributed by atoms with E-state index in [-0.39, 0.29) is 11.8 Å². The largest absolute Gasteiger partial charge is 0.481 e. The van der Waals surface area contributed by atoms with Crippen molar-refractivity contribution < 1.29 is 9.90 Å². The van der Waals surface area contributed by atoms with Crippen molar-refractivity contribution in [2.75, 3.05) is 13.1 Å². The van der Waals surface area contributed by atoms with Gasteiger partial charge in [0.1, 0.15) is 0 Å². The van der Waals surface area contributed by atoms with Crippen LogP contribution in [0.3, 0.4) is 0 Å². The number of nitrogens with one attached hydrogen (secondary N) is 1. The molecule has 2 atom stereocenters. The lowest BCUT2D eigenvalue weighted by Crippen LogP contribution is -2.23. The molecule has 2 N–H and O–H groups in total. The van der Waals surface area contributed by atoms with Crippen LogP contribution in [0.4, 0.5) is 0 Å². The molecule has 0 bridgehead atoms. The van der Waals surface area contributed by atoms with E-state index in [2.05, 4.69) is 5.32 Å². The fourth-order valence-corrected chi connectivity index (χ4v) is 2.44. The smallest absolute Gasteiger partial charge is 0.311 e. The number of aliphatic carboxylic acids is 1. The summed E-state index contributed by atoms with van der Waals surface area (Å²) in [6.07, 6.45) is 0.949. The summed E-state index contributed by atoms with van der Waals surface area (Å²) >= 11 is 0. The first-order valence-corrected chi connectivity index (χ1v) is 5.68. The summed E-state index contributed by atoms with van der Waals surface area (Å²) in [5.41, 5.74) is 2.05. The van der Waals surface area contributed by atoms with Crippen LogP contribution in [-0.2, 0) is 4.79 Å². The van der Waals surface area contributed by atoms with Gasteiger partial charge < -0.3 is 10.4 Å². The maximum absolute atomic E-state index is 11.4. The molecule has 1 aromatic carbocycles. The summed E-state index contributed by atoms with van der Waals surface area (Å²) < 4.78 is 0. The average molecular weight is 219 g/mol.